The molecule has 0 radical (unpaired) electrons. The van der Waals surface area contributed by atoms with E-state index in [4.69, 9.17) is 5.11 Å². The summed E-state index contributed by atoms with van der Waals surface area (Å²) in [6, 6.07) is 1.83. The van der Waals surface area contributed by atoms with Crippen molar-refractivity contribution < 1.29 is 9.90 Å². The second-order valence-electron chi connectivity index (χ2n) is 3.66. The van der Waals surface area contributed by atoms with Gasteiger partial charge in [0, 0.05) is 17.1 Å². The van der Waals surface area contributed by atoms with Gasteiger partial charge in [-0.1, -0.05) is 11.8 Å². The van der Waals surface area contributed by atoms with Gasteiger partial charge in [-0.05, 0) is 25.8 Å². The molecule has 0 aliphatic heterocycles. The number of nitrogens with zero attached hydrogens (tertiary/aromatic N) is 2. The van der Waals surface area contributed by atoms with Crippen molar-refractivity contribution in [2.24, 2.45) is 5.92 Å². The molecule has 0 spiro atoms. The third-order valence-electron chi connectivity index (χ3n) is 2.56. The van der Waals surface area contributed by atoms with Crippen LogP contribution in [0.1, 0.15) is 18.5 Å². The molecule has 1 aromatic heterocycles. The van der Waals surface area contributed by atoms with Gasteiger partial charge in [-0.3, -0.25) is 4.79 Å². The van der Waals surface area contributed by atoms with Crippen LogP contribution in [0.2, 0.25) is 0 Å². The van der Waals surface area contributed by atoms with Crippen molar-refractivity contribution in [1.29, 1.82) is 0 Å². The Hall–Kier alpha value is -1.10. The van der Waals surface area contributed by atoms with Crippen molar-refractivity contribution >= 4 is 17.7 Å². The molecule has 0 amide bonds. The van der Waals surface area contributed by atoms with E-state index in [-0.39, 0.29) is 11.2 Å². The Balaban J connectivity index is 2.00. The molecule has 1 saturated carbocycles. The zero-order chi connectivity index (χ0) is 10.8. The maximum atomic E-state index is 10.8. The molecule has 0 bridgehead atoms. The first kappa shape index (κ1) is 10.4. The van der Waals surface area contributed by atoms with Gasteiger partial charge in [0.05, 0.1) is 5.92 Å². The first-order valence-corrected chi connectivity index (χ1v) is 5.74. The van der Waals surface area contributed by atoms with Crippen LogP contribution in [0, 0.1) is 12.8 Å². The van der Waals surface area contributed by atoms with Crippen LogP contribution in [0.25, 0.3) is 0 Å². The topological polar surface area (TPSA) is 63.1 Å². The average Bonchev–Trinajstić information content (AvgIpc) is 2.11. The molecule has 0 aromatic carbocycles. The van der Waals surface area contributed by atoms with Crippen molar-refractivity contribution in [2.75, 3.05) is 0 Å². The van der Waals surface area contributed by atoms with E-state index < -0.39 is 5.97 Å². The van der Waals surface area contributed by atoms with E-state index in [1.165, 1.54) is 11.8 Å². The third kappa shape index (κ3) is 2.28. The number of rotatable bonds is 3. The smallest absolute Gasteiger partial charge is 0.307 e. The number of carboxylic acid groups (broad SMARTS) is 1. The van der Waals surface area contributed by atoms with Gasteiger partial charge in [-0.15, -0.1) is 0 Å². The quantitative estimate of drug-likeness (QED) is 0.792. The van der Waals surface area contributed by atoms with E-state index in [0.717, 1.165) is 18.5 Å². The van der Waals surface area contributed by atoms with E-state index in [9.17, 15) is 4.79 Å². The first-order chi connectivity index (χ1) is 7.16. The van der Waals surface area contributed by atoms with E-state index in [1.54, 1.807) is 6.20 Å². The van der Waals surface area contributed by atoms with Crippen molar-refractivity contribution in [3.63, 3.8) is 0 Å². The molecule has 1 heterocycles. The van der Waals surface area contributed by atoms with E-state index in [2.05, 4.69) is 9.97 Å². The number of aromatic nitrogens is 2. The molecule has 2 unspecified atom stereocenters. The lowest BCUT2D eigenvalue weighted by Gasteiger charge is -2.31. The third-order valence-corrected chi connectivity index (χ3v) is 3.83. The summed E-state index contributed by atoms with van der Waals surface area (Å²) in [4.78, 5) is 19.2. The molecule has 1 fully saturated rings. The number of carboxylic acids is 1. The minimum atomic E-state index is -0.702. The minimum Gasteiger partial charge on any atom is -0.481 e. The Bertz CT molecular complexity index is 383. The first-order valence-electron chi connectivity index (χ1n) is 4.86. The maximum Gasteiger partial charge on any atom is 0.307 e. The van der Waals surface area contributed by atoms with Gasteiger partial charge in [0.25, 0.3) is 0 Å². The molecule has 1 aromatic rings. The zero-order valence-electron chi connectivity index (χ0n) is 8.38. The summed E-state index contributed by atoms with van der Waals surface area (Å²) in [5.74, 6) is -0.925. The maximum absolute atomic E-state index is 10.8. The van der Waals surface area contributed by atoms with Crippen LogP contribution in [-0.2, 0) is 4.79 Å². The highest BCUT2D eigenvalue weighted by Crippen LogP contribution is 2.40. The van der Waals surface area contributed by atoms with Crippen LogP contribution in [0.3, 0.4) is 0 Å². The summed E-state index contributed by atoms with van der Waals surface area (Å²) in [7, 11) is 0. The fraction of sp³-hybridized carbons (Fsp3) is 0.500. The number of hydrogen-bond donors (Lipinski definition) is 1. The van der Waals surface area contributed by atoms with Gasteiger partial charge in [-0.2, -0.15) is 0 Å². The van der Waals surface area contributed by atoms with Crippen LogP contribution in [0.5, 0.6) is 0 Å². The molecule has 2 rings (SSSR count). The predicted molar refractivity (Wildman–Crippen MR) is 56.8 cm³/mol. The number of carbonyl (C=O) groups is 1. The normalized spacial score (nSPS) is 24.6. The highest BCUT2D eigenvalue weighted by molar-refractivity contribution is 7.99. The fourth-order valence-electron chi connectivity index (χ4n) is 1.51. The van der Waals surface area contributed by atoms with Crippen molar-refractivity contribution in [1.82, 2.24) is 9.97 Å². The Morgan fingerprint density at radius 1 is 1.60 bits per heavy atom. The van der Waals surface area contributed by atoms with Gasteiger partial charge in [0.2, 0.25) is 0 Å². The molecule has 80 valence electrons. The summed E-state index contributed by atoms with van der Waals surface area (Å²) in [5.41, 5.74) is 0.915. The highest BCUT2D eigenvalue weighted by atomic mass is 32.2. The van der Waals surface area contributed by atoms with Gasteiger partial charge in [0.1, 0.15) is 0 Å². The van der Waals surface area contributed by atoms with Crippen molar-refractivity contribution in [3.8, 4) is 0 Å². The monoisotopic (exact) mass is 224 g/mol. The highest BCUT2D eigenvalue weighted by Gasteiger charge is 2.37. The molecule has 2 atom stereocenters. The number of aryl methyl sites for hydroxylation is 1. The zero-order valence-corrected chi connectivity index (χ0v) is 9.20. The van der Waals surface area contributed by atoms with Gasteiger partial charge in [0.15, 0.2) is 5.16 Å². The molecule has 5 heteroatoms. The van der Waals surface area contributed by atoms with Crippen molar-refractivity contribution in [2.45, 2.75) is 30.2 Å². The van der Waals surface area contributed by atoms with Crippen LogP contribution < -0.4 is 0 Å². The second-order valence-corrected chi connectivity index (χ2v) is 4.87. The number of hydrogen-bond acceptors (Lipinski definition) is 4. The summed E-state index contributed by atoms with van der Waals surface area (Å²) in [6.45, 7) is 1.90. The molecule has 1 N–H and O–H groups in total. The molecular formula is C10H12N2O2S. The van der Waals surface area contributed by atoms with E-state index in [0.29, 0.717) is 5.16 Å². The van der Waals surface area contributed by atoms with Crippen molar-refractivity contribution in [3.05, 3.63) is 18.0 Å². The lowest BCUT2D eigenvalue weighted by Crippen LogP contribution is -2.35. The summed E-state index contributed by atoms with van der Waals surface area (Å²) in [5, 5.41) is 9.71. The van der Waals surface area contributed by atoms with Gasteiger partial charge < -0.3 is 5.11 Å². The van der Waals surface area contributed by atoms with Gasteiger partial charge in [-0.25, -0.2) is 9.97 Å². The molecule has 1 aliphatic rings. The SMILES string of the molecule is Cc1ccnc(SC2CCC2C(=O)O)n1. The second kappa shape index (κ2) is 4.18. The Morgan fingerprint density at radius 2 is 2.40 bits per heavy atom. The molecule has 1 aliphatic carbocycles. The van der Waals surface area contributed by atoms with Crippen LogP contribution in [0.15, 0.2) is 17.4 Å². The summed E-state index contributed by atoms with van der Waals surface area (Å²) >= 11 is 1.48. The van der Waals surface area contributed by atoms with Gasteiger partial charge >= 0.3 is 5.97 Å². The predicted octanol–water partition coefficient (Wildman–Crippen LogP) is 1.74. The van der Waals surface area contributed by atoms with E-state index >= 15 is 0 Å². The number of aliphatic carboxylic acids is 1. The Morgan fingerprint density at radius 3 is 2.93 bits per heavy atom. The average molecular weight is 224 g/mol. The fourth-order valence-corrected chi connectivity index (χ4v) is 2.77. The molecule has 15 heavy (non-hydrogen) atoms. The van der Waals surface area contributed by atoms with E-state index in [1.807, 2.05) is 13.0 Å². The van der Waals surface area contributed by atoms with Crippen LogP contribution in [0.4, 0.5) is 0 Å². The summed E-state index contributed by atoms with van der Waals surface area (Å²) in [6.07, 6.45) is 3.43. The molecule has 4 nitrogen and oxygen atoms in total. The minimum absolute atomic E-state index is 0.143. The van der Waals surface area contributed by atoms with Crippen LogP contribution >= 0.6 is 11.8 Å². The summed E-state index contributed by atoms with van der Waals surface area (Å²) < 4.78 is 0. The largest absolute Gasteiger partial charge is 0.481 e. The lowest BCUT2D eigenvalue weighted by molar-refractivity contribution is -0.144. The Kier molecular flexibility index (Phi) is 2.90. The van der Waals surface area contributed by atoms with Crippen LogP contribution in [-0.4, -0.2) is 26.3 Å². The standard InChI is InChI=1S/C10H12N2O2S/c1-6-4-5-11-10(12-6)15-8-3-2-7(8)9(13)14/h4-5,7-8H,2-3H2,1H3,(H,13,14). The Labute approximate surface area is 92.1 Å². The molecular weight excluding hydrogens is 212 g/mol. The lowest BCUT2D eigenvalue weighted by atomic mass is 9.85. The number of thioether (sulfide) groups is 1. The molecule has 0 saturated heterocycles.